The summed E-state index contributed by atoms with van der Waals surface area (Å²) in [7, 11) is 0. The largest absolute Gasteiger partial charge is 0.459 e. The SMILES string of the molecule is C=CCOC12Oc3ccc(OC(=O)NCCCCCCCCCCCC)cc3C3C(CCCCO)C(CCCCO)C=C(C(=NOC4CCCCO4)CC1N(CCC)C(=O)OCCCl)C32. The molecule has 0 aromatic heterocycles. The zero-order valence-corrected chi connectivity index (χ0v) is 40.3. The second kappa shape index (κ2) is 28.7. The van der Waals surface area contributed by atoms with Crippen molar-refractivity contribution < 1.29 is 48.3 Å². The van der Waals surface area contributed by atoms with Gasteiger partial charge in [0.1, 0.15) is 24.1 Å². The van der Waals surface area contributed by atoms with Gasteiger partial charge < -0.3 is 44.1 Å². The summed E-state index contributed by atoms with van der Waals surface area (Å²) in [5, 5.41) is 27.7. The van der Waals surface area contributed by atoms with Crippen LogP contribution in [0.1, 0.15) is 160 Å². The standard InChI is InChI=1S/C51H80ClN3O10/c1-4-7-8-9-10-11-12-13-14-18-28-53-49(58)63-39-25-26-44-42(36-39)47-40(23-16-20-31-57)38(22-15-19-30-56)35-41-43(54-65-46-24-17-21-33-60-46)37-45(51(64-44,48(41)47)62-32-6-3)55(29-5-2)50(59)61-34-27-52/h6,25-26,35-36,38,40,45-48,56-57H,3-5,7-24,27-34,37H2,1-2H3,(H,53,58). The molecule has 1 saturated heterocycles. The lowest BCUT2D eigenvalue weighted by Crippen LogP contribution is -2.70. The van der Waals surface area contributed by atoms with Crippen LogP contribution in [0.15, 0.2) is 47.7 Å². The fourth-order valence-electron chi connectivity index (χ4n) is 10.4. The molecule has 2 aliphatic heterocycles. The summed E-state index contributed by atoms with van der Waals surface area (Å²) < 4.78 is 32.0. The summed E-state index contributed by atoms with van der Waals surface area (Å²) in [6.45, 7) is 10.1. The minimum atomic E-state index is -1.44. The Kier molecular flexibility index (Phi) is 23.3. The van der Waals surface area contributed by atoms with Gasteiger partial charge in [0.2, 0.25) is 12.1 Å². The first-order chi connectivity index (χ1) is 31.8. The Morgan fingerprint density at radius 3 is 2.38 bits per heavy atom. The second-order valence-corrected chi connectivity index (χ2v) is 18.5. The maximum Gasteiger partial charge on any atom is 0.412 e. The summed E-state index contributed by atoms with van der Waals surface area (Å²) in [5.41, 5.74) is 2.45. The van der Waals surface area contributed by atoms with Gasteiger partial charge in [0, 0.05) is 50.6 Å². The Bertz CT molecular complexity index is 1660. The van der Waals surface area contributed by atoms with Gasteiger partial charge in [0.25, 0.3) is 0 Å². The number of hydrogen-bond donors (Lipinski definition) is 3. The van der Waals surface area contributed by atoms with Crippen molar-refractivity contribution in [2.75, 3.05) is 52.0 Å². The average Bonchev–Trinajstić information content (AvgIpc) is 3.32. The van der Waals surface area contributed by atoms with E-state index in [-0.39, 0.29) is 56.5 Å². The molecule has 3 N–H and O–H groups in total. The molecule has 7 atom stereocenters. The predicted octanol–water partition coefficient (Wildman–Crippen LogP) is 10.9. The molecular formula is C51H80ClN3O10. The first-order valence-corrected chi connectivity index (χ1v) is 25.7. The molecular weight excluding hydrogens is 850 g/mol. The molecule has 65 heavy (non-hydrogen) atoms. The molecule has 13 nitrogen and oxygen atoms in total. The number of fused-ring (bicyclic) bond motifs is 2. The summed E-state index contributed by atoms with van der Waals surface area (Å²) in [6.07, 6.45) is 22.6. The van der Waals surface area contributed by atoms with Crippen molar-refractivity contribution in [3.8, 4) is 11.5 Å². The van der Waals surface area contributed by atoms with Crippen molar-refractivity contribution in [2.45, 2.75) is 173 Å². The number of aliphatic hydroxyl groups is 2. The minimum Gasteiger partial charge on any atom is -0.459 e. The van der Waals surface area contributed by atoms with Gasteiger partial charge in [-0.05, 0) is 87.0 Å². The number of rotatable bonds is 30. The Hall–Kier alpha value is -3.36. The van der Waals surface area contributed by atoms with Crippen LogP contribution in [0.3, 0.4) is 0 Å². The number of allylic oxidation sites excluding steroid dienone is 1. The van der Waals surface area contributed by atoms with Gasteiger partial charge in [0.15, 0.2) is 0 Å². The molecule has 2 heterocycles. The molecule has 2 fully saturated rings. The van der Waals surface area contributed by atoms with E-state index in [1.165, 1.54) is 44.9 Å². The first kappa shape index (κ1) is 52.6. The van der Waals surface area contributed by atoms with Crippen LogP contribution in [-0.4, -0.2) is 103 Å². The van der Waals surface area contributed by atoms with E-state index in [0.29, 0.717) is 62.6 Å². The van der Waals surface area contributed by atoms with Crippen LogP contribution in [0.2, 0.25) is 0 Å². The molecule has 0 bridgehead atoms. The van der Waals surface area contributed by atoms with Gasteiger partial charge in [-0.1, -0.05) is 102 Å². The molecule has 1 aromatic rings. The molecule has 1 aromatic carbocycles. The van der Waals surface area contributed by atoms with Crippen LogP contribution in [-0.2, 0) is 19.0 Å². The quantitative estimate of drug-likeness (QED) is 0.0294. The van der Waals surface area contributed by atoms with E-state index in [0.717, 1.165) is 68.9 Å². The number of aliphatic hydroxyl groups excluding tert-OH is 2. The molecule has 0 radical (unpaired) electrons. The number of amides is 2. The number of benzene rings is 1. The van der Waals surface area contributed by atoms with E-state index >= 15 is 0 Å². The van der Waals surface area contributed by atoms with E-state index in [4.69, 9.17) is 45.3 Å². The maximum atomic E-state index is 14.2. The van der Waals surface area contributed by atoms with Gasteiger partial charge >= 0.3 is 12.2 Å². The van der Waals surface area contributed by atoms with Gasteiger partial charge in [0.05, 0.1) is 30.7 Å². The van der Waals surface area contributed by atoms with Crippen LogP contribution < -0.4 is 14.8 Å². The molecule has 1 saturated carbocycles. The zero-order valence-electron chi connectivity index (χ0n) is 39.5. The highest BCUT2D eigenvalue weighted by Crippen LogP contribution is 2.62. The summed E-state index contributed by atoms with van der Waals surface area (Å²) in [4.78, 5) is 35.4. The third kappa shape index (κ3) is 14.8. The summed E-state index contributed by atoms with van der Waals surface area (Å²) in [5.74, 6) is -1.07. The predicted molar refractivity (Wildman–Crippen MR) is 255 cm³/mol. The Balaban J connectivity index is 1.54. The second-order valence-electron chi connectivity index (χ2n) is 18.2. The number of ether oxygens (including phenoxy) is 5. The number of unbranched alkanes of at least 4 members (excludes halogenated alkanes) is 11. The number of alkyl halides is 1. The van der Waals surface area contributed by atoms with Gasteiger partial charge in [-0.3, -0.25) is 4.90 Å². The highest BCUT2D eigenvalue weighted by atomic mass is 35.5. The van der Waals surface area contributed by atoms with Crippen LogP contribution in [0.25, 0.3) is 0 Å². The maximum absolute atomic E-state index is 14.2. The first-order valence-electron chi connectivity index (χ1n) is 25.2. The van der Waals surface area contributed by atoms with Gasteiger partial charge in [-0.15, -0.1) is 18.2 Å². The average molecular weight is 931 g/mol. The monoisotopic (exact) mass is 930 g/mol. The number of carbonyl (C=O) groups is 2. The topological polar surface area (TPSA) is 158 Å². The number of nitrogens with zero attached hydrogens (tertiary/aromatic N) is 2. The number of oxime groups is 1. The fourth-order valence-corrected chi connectivity index (χ4v) is 10.5. The van der Waals surface area contributed by atoms with Crippen molar-refractivity contribution in [2.24, 2.45) is 22.9 Å². The third-order valence-electron chi connectivity index (χ3n) is 13.5. The van der Waals surface area contributed by atoms with Crippen LogP contribution in [0.4, 0.5) is 9.59 Å². The van der Waals surface area contributed by atoms with Crippen LogP contribution in [0, 0.1) is 17.8 Å². The summed E-state index contributed by atoms with van der Waals surface area (Å²) >= 11 is 6.04. The Labute approximate surface area is 394 Å². The lowest BCUT2D eigenvalue weighted by atomic mass is 9.55. The van der Waals surface area contributed by atoms with E-state index < -0.39 is 36.2 Å². The van der Waals surface area contributed by atoms with Crippen molar-refractivity contribution >= 4 is 29.5 Å². The van der Waals surface area contributed by atoms with Crippen molar-refractivity contribution in [3.63, 3.8) is 0 Å². The fraction of sp³-hybridized carbons (Fsp3) is 0.745. The van der Waals surface area contributed by atoms with E-state index in [1.807, 2.05) is 19.1 Å². The van der Waals surface area contributed by atoms with E-state index in [9.17, 15) is 19.8 Å². The summed E-state index contributed by atoms with van der Waals surface area (Å²) in [6, 6.07) is 4.80. The number of carbonyl (C=O) groups excluding carboxylic acids is 2. The Morgan fingerprint density at radius 1 is 0.969 bits per heavy atom. The Morgan fingerprint density at radius 2 is 1.71 bits per heavy atom. The van der Waals surface area contributed by atoms with Crippen LogP contribution >= 0.6 is 11.6 Å². The van der Waals surface area contributed by atoms with E-state index in [2.05, 4.69) is 24.9 Å². The highest BCUT2D eigenvalue weighted by Gasteiger charge is 2.65. The van der Waals surface area contributed by atoms with Gasteiger partial charge in [-0.2, -0.15) is 0 Å². The molecule has 366 valence electrons. The van der Waals surface area contributed by atoms with Crippen molar-refractivity contribution in [3.05, 3.63) is 48.1 Å². The highest BCUT2D eigenvalue weighted by molar-refractivity contribution is 6.18. The van der Waals surface area contributed by atoms with Gasteiger partial charge in [-0.25, -0.2) is 9.59 Å². The molecule has 0 spiro atoms. The van der Waals surface area contributed by atoms with E-state index in [1.54, 1.807) is 17.0 Å². The molecule has 7 unspecified atom stereocenters. The smallest absolute Gasteiger partial charge is 0.412 e. The minimum absolute atomic E-state index is 0.00851. The number of hydrogen-bond acceptors (Lipinski definition) is 11. The zero-order chi connectivity index (χ0) is 46.3. The third-order valence-corrected chi connectivity index (χ3v) is 13.6. The number of nitrogens with one attached hydrogen (secondary N) is 1. The number of halogens is 1. The molecule has 2 amide bonds. The molecule has 2 aliphatic carbocycles. The molecule has 5 rings (SSSR count). The lowest BCUT2D eigenvalue weighted by Gasteiger charge is -2.59. The van der Waals surface area contributed by atoms with Crippen molar-refractivity contribution in [1.29, 1.82) is 0 Å². The van der Waals surface area contributed by atoms with Crippen LogP contribution in [0.5, 0.6) is 11.5 Å². The normalized spacial score (nSPS) is 25.1. The molecule has 4 aliphatic rings. The molecule has 14 heteroatoms. The lowest BCUT2D eigenvalue weighted by molar-refractivity contribution is -0.255. The van der Waals surface area contributed by atoms with Crippen molar-refractivity contribution in [1.82, 2.24) is 10.2 Å².